The second-order valence-electron chi connectivity index (χ2n) is 12.0. The van der Waals surface area contributed by atoms with Crippen LogP contribution in [0, 0.1) is 28.1 Å². The number of ether oxygens (including phenoxy) is 2. The minimum Gasteiger partial charge on any atom is -0.432 e. The first-order valence-electron chi connectivity index (χ1n) is 12.9. The normalized spacial score (nSPS) is 48.8. The van der Waals surface area contributed by atoms with Crippen molar-refractivity contribution in [3.63, 3.8) is 0 Å². The Bertz CT molecular complexity index is 830. The molecule has 0 aromatic rings. The predicted octanol–water partition coefficient (Wildman–Crippen LogP) is 0.632. The highest BCUT2D eigenvalue weighted by Gasteiger charge is 2.59. The standard InChI is InChI=1S/C26H42O9/c1-24(18(29)13-28)10-7-15-14(11-24)5-6-17-25(15,2)8-4-9-26(17,3)23(33)35-22-21(32)20(31)19(30)16(12-27)34-22/h7,14,16-22,27-32H,4-6,8-13H2,1-3H3/t14-,16+,17+,18-,19+,20-,21+,22-,24+,25-,26+/m0/s1. The molecule has 0 unspecified atom stereocenters. The molecule has 11 atom stereocenters. The molecule has 4 rings (SSSR count). The minimum atomic E-state index is -1.62. The van der Waals surface area contributed by atoms with Gasteiger partial charge in [0.05, 0.1) is 24.7 Å². The van der Waals surface area contributed by atoms with Gasteiger partial charge in [0.15, 0.2) is 0 Å². The van der Waals surface area contributed by atoms with Crippen molar-refractivity contribution in [1.82, 2.24) is 0 Å². The lowest BCUT2D eigenvalue weighted by Gasteiger charge is -2.58. The van der Waals surface area contributed by atoms with Crippen molar-refractivity contribution in [2.45, 2.75) is 103 Å². The molecule has 4 aliphatic rings. The number of hydrogen-bond acceptors (Lipinski definition) is 9. The average molecular weight is 499 g/mol. The molecule has 9 heteroatoms. The number of esters is 1. The van der Waals surface area contributed by atoms with Crippen LogP contribution in [0.4, 0.5) is 0 Å². The highest BCUT2D eigenvalue weighted by molar-refractivity contribution is 5.77. The topological polar surface area (TPSA) is 157 Å². The van der Waals surface area contributed by atoms with Gasteiger partial charge in [-0.05, 0) is 68.1 Å². The smallest absolute Gasteiger partial charge is 0.314 e. The quantitative estimate of drug-likeness (QED) is 0.236. The summed E-state index contributed by atoms with van der Waals surface area (Å²) in [5.41, 5.74) is -0.0757. The number of aliphatic hydroxyl groups is 6. The van der Waals surface area contributed by atoms with Gasteiger partial charge >= 0.3 is 5.97 Å². The summed E-state index contributed by atoms with van der Waals surface area (Å²) < 4.78 is 11.1. The summed E-state index contributed by atoms with van der Waals surface area (Å²) >= 11 is 0. The average Bonchev–Trinajstić information content (AvgIpc) is 2.83. The summed E-state index contributed by atoms with van der Waals surface area (Å²) in [5.74, 6) is -0.205. The lowest BCUT2D eigenvalue weighted by Crippen LogP contribution is -2.61. The number of carbonyl (C=O) groups is 1. The Balaban J connectivity index is 1.56. The van der Waals surface area contributed by atoms with Gasteiger partial charge in [0.2, 0.25) is 6.29 Å². The van der Waals surface area contributed by atoms with E-state index in [0.717, 1.165) is 32.1 Å². The van der Waals surface area contributed by atoms with E-state index in [1.165, 1.54) is 5.57 Å². The summed E-state index contributed by atoms with van der Waals surface area (Å²) in [4.78, 5) is 13.6. The summed E-state index contributed by atoms with van der Waals surface area (Å²) in [7, 11) is 0. The molecule has 9 nitrogen and oxygen atoms in total. The molecular formula is C26H42O9. The number of carbonyl (C=O) groups excluding carboxylic acids is 1. The Hall–Kier alpha value is -1.07. The first-order chi connectivity index (χ1) is 16.4. The van der Waals surface area contributed by atoms with Gasteiger partial charge in [-0.25, -0.2) is 0 Å². The fourth-order valence-electron chi connectivity index (χ4n) is 7.59. The van der Waals surface area contributed by atoms with E-state index >= 15 is 0 Å². The molecule has 200 valence electrons. The van der Waals surface area contributed by atoms with E-state index < -0.39 is 54.8 Å². The van der Waals surface area contributed by atoms with E-state index in [4.69, 9.17) is 9.47 Å². The van der Waals surface area contributed by atoms with Crippen molar-refractivity contribution in [3.05, 3.63) is 11.6 Å². The van der Waals surface area contributed by atoms with Crippen LogP contribution in [0.5, 0.6) is 0 Å². The van der Waals surface area contributed by atoms with E-state index in [9.17, 15) is 35.4 Å². The van der Waals surface area contributed by atoms with Crippen molar-refractivity contribution < 1.29 is 44.9 Å². The molecule has 3 fully saturated rings. The molecule has 3 aliphatic carbocycles. The maximum absolute atomic E-state index is 13.6. The van der Waals surface area contributed by atoms with Crippen LogP contribution in [0.1, 0.15) is 65.7 Å². The fourth-order valence-corrected chi connectivity index (χ4v) is 7.59. The fraction of sp³-hybridized carbons (Fsp3) is 0.885. The van der Waals surface area contributed by atoms with Gasteiger partial charge in [0.25, 0.3) is 0 Å². The Morgan fingerprint density at radius 1 is 1.11 bits per heavy atom. The second-order valence-corrected chi connectivity index (χ2v) is 12.0. The number of rotatable bonds is 5. The van der Waals surface area contributed by atoms with Gasteiger partial charge in [-0.15, -0.1) is 0 Å². The molecule has 1 aliphatic heterocycles. The molecular weight excluding hydrogens is 456 g/mol. The maximum atomic E-state index is 13.6. The van der Waals surface area contributed by atoms with Gasteiger partial charge < -0.3 is 40.1 Å². The largest absolute Gasteiger partial charge is 0.432 e. The third-order valence-electron chi connectivity index (χ3n) is 9.85. The van der Waals surface area contributed by atoms with Crippen molar-refractivity contribution in [3.8, 4) is 0 Å². The molecule has 0 amide bonds. The molecule has 1 saturated heterocycles. The first kappa shape index (κ1) is 27.0. The lowest BCUT2D eigenvalue weighted by molar-refractivity contribution is -0.297. The second kappa shape index (κ2) is 9.67. The summed E-state index contributed by atoms with van der Waals surface area (Å²) in [6.45, 7) is 5.31. The van der Waals surface area contributed by atoms with Gasteiger partial charge in [-0.2, -0.15) is 0 Å². The Kier molecular flexibility index (Phi) is 7.45. The maximum Gasteiger partial charge on any atom is 0.314 e. The minimum absolute atomic E-state index is 0.00996. The van der Waals surface area contributed by atoms with Crippen LogP contribution >= 0.6 is 0 Å². The monoisotopic (exact) mass is 498 g/mol. The predicted molar refractivity (Wildman–Crippen MR) is 125 cm³/mol. The summed E-state index contributed by atoms with van der Waals surface area (Å²) in [5, 5.41) is 59.9. The highest BCUT2D eigenvalue weighted by Crippen LogP contribution is 2.64. The van der Waals surface area contributed by atoms with Crippen LogP contribution < -0.4 is 0 Å². The molecule has 2 saturated carbocycles. The van der Waals surface area contributed by atoms with Gasteiger partial charge in [-0.1, -0.05) is 31.9 Å². The van der Waals surface area contributed by atoms with Crippen LogP contribution in [0.2, 0.25) is 0 Å². The SMILES string of the molecule is C[C@@]1([C@@H](O)CO)CC=C2[C@@H](CC[C@H]3[C@](C)(C(=O)O[C@@H]4O[C@H](CO)[C@@H](O)[C@H](O)[C@H]4O)CCC[C@@]23C)C1. The molecule has 35 heavy (non-hydrogen) atoms. The van der Waals surface area contributed by atoms with E-state index in [-0.39, 0.29) is 23.4 Å². The molecule has 0 aromatic carbocycles. The molecule has 0 spiro atoms. The molecule has 0 radical (unpaired) electrons. The van der Waals surface area contributed by atoms with Crippen LogP contribution in [0.25, 0.3) is 0 Å². The van der Waals surface area contributed by atoms with Gasteiger partial charge in [-0.3, -0.25) is 4.79 Å². The number of allylic oxidation sites excluding steroid dienone is 2. The van der Waals surface area contributed by atoms with Crippen LogP contribution in [-0.4, -0.2) is 86.6 Å². The van der Waals surface area contributed by atoms with Crippen LogP contribution in [-0.2, 0) is 14.3 Å². The van der Waals surface area contributed by atoms with Crippen molar-refractivity contribution in [1.29, 1.82) is 0 Å². The molecule has 0 bridgehead atoms. The van der Waals surface area contributed by atoms with Crippen LogP contribution in [0.15, 0.2) is 11.6 Å². The number of hydrogen-bond donors (Lipinski definition) is 6. The Morgan fingerprint density at radius 2 is 1.83 bits per heavy atom. The molecule has 6 N–H and O–H groups in total. The zero-order valence-corrected chi connectivity index (χ0v) is 21.0. The Labute approximate surface area is 206 Å². The zero-order chi connectivity index (χ0) is 25.8. The van der Waals surface area contributed by atoms with Gasteiger partial charge in [0, 0.05) is 0 Å². The van der Waals surface area contributed by atoms with Crippen molar-refractivity contribution in [2.75, 3.05) is 13.2 Å². The van der Waals surface area contributed by atoms with E-state index in [0.29, 0.717) is 18.8 Å². The highest BCUT2D eigenvalue weighted by atomic mass is 16.7. The molecule has 0 aromatic heterocycles. The summed E-state index contributed by atoms with van der Waals surface area (Å²) in [6.07, 6.45) is -0.325. The number of fused-ring (bicyclic) bond motifs is 3. The van der Waals surface area contributed by atoms with E-state index in [2.05, 4.69) is 13.0 Å². The Morgan fingerprint density at radius 3 is 2.49 bits per heavy atom. The number of aliphatic hydroxyl groups excluding tert-OH is 6. The van der Waals surface area contributed by atoms with Crippen LogP contribution in [0.3, 0.4) is 0 Å². The van der Waals surface area contributed by atoms with Gasteiger partial charge in [0.1, 0.15) is 24.4 Å². The lowest BCUT2D eigenvalue weighted by atomic mass is 9.46. The first-order valence-corrected chi connectivity index (χ1v) is 12.9. The molecule has 1 heterocycles. The zero-order valence-electron chi connectivity index (χ0n) is 21.0. The third kappa shape index (κ3) is 4.37. The van der Waals surface area contributed by atoms with Crippen molar-refractivity contribution in [2.24, 2.45) is 28.1 Å². The van der Waals surface area contributed by atoms with E-state index in [1.54, 1.807) is 0 Å². The van der Waals surface area contributed by atoms with E-state index in [1.807, 2.05) is 13.8 Å². The third-order valence-corrected chi connectivity index (χ3v) is 9.85. The summed E-state index contributed by atoms with van der Waals surface area (Å²) in [6, 6.07) is 0. The van der Waals surface area contributed by atoms with Crippen molar-refractivity contribution >= 4 is 5.97 Å².